The highest BCUT2D eigenvalue weighted by Crippen LogP contribution is 2.28. The number of rotatable bonds is 5. The molecule has 10 heteroatoms. The van der Waals surface area contributed by atoms with Crippen LogP contribution in [0.4, 0.5) is 5.69 Å². The first kappa shape index (κ1) is 19.9. The van der Waals surface area contributed by atoms with Crippen molar-refractivity contribution < 1.29 is 17.3 Å². The first-order valence-corrected chi connectivity index (χ1v) is 11.1. The monoisotopic (exact) mass is 436 g/mol. The summed E-state index contributed by atoms with van der Waals surface area (Å²) in [6.07, 6.45) is 1.33. The van der Waals surface area contributed by atoms with Crippen molar-refractivity contribution in [1.29, 1.82) is 0 Å². The summed E-state index contributed by atoms with van der Waals surface area (Å²) < 4.78 is 38.3. The lowest BCUT2D eigenvalue weighted by Gasteiger charge is -2.34. The van der Waals surface area contributed by atoms with Crippen LogP contribution in [0.5, 0.6) is 0 Å². The second kappa shape index (κ2) is 7.81. The van der Waals surface area contributed by atoms with E-state index < -0.39 is 10.0 Å². The number of sulfonamides is 1. The number of hydrogen-bond acceptors (Lipinski definition) is 7. The number of aromatic nitrogens is 2. The number of piperazine rings is 1. The molecule has 0 aliphatic carbocycles. The van der Waals surface area contributed by atoms with E-state index in [9.17, 15) is 8.42 Å². The summed E-state index contributed by atoms with van der Waals surface area (Å²) >= 11 is 5.93. The topological polar surface area (TPSA) is 92.7 Å². The van der Waals surface area contributed by atoms with Gasteiger partial charge in [-0.3, -0.25) is 0 Å². The molecule has 0 N–H and O–H groups in total. The highest BCUT2D eigenvalue weighted by molar-refractivity contribution is 7.89. The Morgan fingerprint density at radius 2 is 1.76 bits per heavy atom. The minimum atomic E-state index is -3.74. The highest BCUT2D eigenvalue weighted by Gasteiger charge is 2.31. The molecule has 0 saturated carbocycles. The molecular weight excluding hydrogens is 416 g/mol. The molecule has 2 aromatic heterocycles. The average molecular weight is 437 g/mol. The van der Waals surface area contributed by atoms with E-state index >= 15 is 0 Å². The third-order valence-corrected chi connectivity index (χ3v) is 6.80. The maximum atomic E-state index is 13.0. The van der Waals surface area contributed by atoms with Gasteiger partial charge in [0.1, 0.15) is 6.26 Å². The third-order valence-electron chi connectivity index (χ3n) is 4.78. The molecule has 0 unspecified atom stereocenters. The number of nitrogens with zero attached hydrogens (tertiary/aromatic N) is 4. The van der Waals surface area contributed by atoms with Crippen molar-refractivity contribution >= 4 is 27.3 Å². The van der Waals surface area contributed by atoms with E-state index in [1.165, 1.54) is 16.6 Å². The van der Waals surface area contributed by atoms with Gasteiger partial charge in [0.25, 0.3) is 15.9 Å². The number of benzene rings is 1. The first-order valence-electron chi connectivity index (χ1n) is 9.27. The van der Waals surface area contributed by atoms with Crippen LogP contribution < -0.4 is 4.90 Å². The average Bonchev–Trinajstić information content (AvgIpc) is 3.39. The summed E-state index contributed by atoms with van der Waals surface area (Å²) in [6.45, 7) is 5.75. The number of hydrogen-bond donors (Lipinski definition) is 0. The van der Waals surface area contributed by atoms with Gasteiger partial charge in [-0.2, -0.15) is 4.31 Å². The molecule has 29 heavy (non-hydrogen) atoms. The van der Waals surface area contributed by atoms with Crippen LogP contribution in [-0.4, -0.2) is 49.1 Å². The van der Waals surface area contributed by atoms with Crippen molar-refractivity contribution in [2.24, 2.45) is 0 Å². The van der Waals surface area contributed by atoms with Crippen molar-refractivity contribution in [3.63, 3.8) is 0 Å². The van der Waals surface area contributed by atoms with Crippen LogP contribution in [0.15, 0.2) is 50.5 Å². The van der Waals surface area contributed by atoms with E-state index in [1.807, 2.05) is 38.1 Å². The quantitative estimate of drug-likeness (QED) is 0.603. The summed E-state index contributed by atoms with van der Waals surface area (Å²) in [6, 6.07) is 8.94. The van der Waals surface area contributed by atoms with Gasteiger partial charge in [0, 0.05) is 48.9 Å². The lowest BCUT2D eigenvalue weighted by Crippen LogP contribution is -2.48. The Morgan fingerprint density at radius 1 is 1.07 bits per heavy atom. The van der Waals surface area contributed by atoms with Crippen LogP contribution in [0.25, 0.3) is 11.5 Å². The predicted molar refractivity (Wildman–Crippen MR) is 109 cm³/mol. The normalized spacial score (nSPS) is 15.9. The molecule has 154 valence electrons. The van der Waals surface area contributed by atoms with Crippen molar-refractivity contribution in [2.45, 2.75) is 24.9 Å². The van der Waals surface area contributed by atoms with Gasteiger partial charge in [0.15, 0.2) is 0 Å². The van der Waals surface area contributed by atoms with Gasteiger partial charge in [-0.05, 0) is 24.3 Å². The molecule has 4 rings (SSSR count). The Hall–Kier alpha value is -2.36. The van der Waals surface area contributed by atoms with Crippen LogP contribution in [0, 0.1) is 0 Å². The van der Waals surface area contributed by atoms with Gasteiger partial charge in [-0.25, -0.2) is 8.42 Å². The first-order chi connectivity index (χ1) is 13.8. The second-order valence-electron chi connectivity index (χ2n) is 7.12. The van der Waals surface area contributed by atoms with Crippen molar-refractivity contribution in [1.82, 2.24) is 14.5 Å². The minimum absolute atomic E-state index is 0.0864. The Labute approximate surface area is 174 Å². The summed E-state index contributed by atoms with van der Waals surface area (Å²) in [5.41, 5.74) is 1.46. The Morgan fingerprint density at radius 3 is 2.38 bits per heavy atom. The fourth-order valence-corrected chi connectivity index (χ4v) is 4.58. The van der Waals surface area contributed by atoms with Gasteiger partial charge >= 0.3 is 0 Å². The van der Waals surface area contributed by atoms with Crippen LogP contribution >= 0.6 is 11.6 Å². The van der Waals surface area contributed by atoms with Crippen LogP contribution in [0.2, 0.25) is 5.02 Å². The Bertz CT molecular complexity index is 1080. The van der Waals surface area contributed by atoms with Crippen LogP contribution in [0.3, 0.4) is 0 Å². The summed E-state index contributed by atoms with van der Waals surface area (Å²) in [7, 11) is -3.74. The van der Waals surface area contributed by atoms with E-state index in [0.29, 0.717) is 42.7 Å². The van der Waals surface area contributed by atoms with Crippen LogP contribution in [0.1, 0.15) is 25.7 Å². The van der Waals surface area contributed by atoms with Crippen molar-refractivity contribution in [3.8, 4) is 11.5 Å². The molecule has 1 aromatic carbocycles. The largest absolute Gasteiger partial charge is 0.451 e. The zero-order chi connectivity index (χ0) is 20.6. The molecule has 0 spiro atoms. The van der Waals surface area contributed by atoms with Crippen LogP contribution in [-0.2, 0) is 10.0 Å². The SMILES string of the molecule is CC(C)c1nnc(-c2coc(S(=O)(=O)N3CCN(c4ccc(Cl)cc4)CC3)c2)o1. The van der Waals surface area contributed by atoms with Crippen molar-refractivity contribution in [2.75, 3.05) is 31.1 Å². The predicted octanol–water partition coefficient (Wildman–Crippen LogP) is 3.62. The highest BCUT2D eigenvalue weighted by atomic mass is 35.5. The molecule has 0 bridgehead atoms. The summed E-state index contributed by atoms with van der Waals surface area (Å²) in [5, 5.41) is 8.47. The Balaban J connectivity index is 1.46. The van der Waals surface area contributed by atoms with Gasteiger partial charge in [0.05, 0.1) is 5.56 Å². The molecule has 1 aliphatic heterocycles. The maximum absolute atomic E-state index is 13.0. The smallest absolute Gasteiger partial charge is 0.276 e. The van der Waals surface area contributed by atoms with Gasteiger partial charge in [-0.1, -0.05) is 25.4 Å². The third kappa shape index (κ3) is 4.03. The molecule has 0 amide bonds. The second-order valence-corrected chi connectivity index (χ2v) is 9.43. The number of halogens is 1. The van der Waals surface area contributed by atoms with E-state index in [-0.39, 0.29) is 16.9 Å². The molecule has 1 fully saturated rings. The molecule has 0 radical (unpaired) electrons. The summed E-state index contributed by atoms with van der Waals surface area (Å²) in [4.78, 5) is 2.13. The van der Waals surface area contributed by atoms with E-state index in [1.54, 1.807) is 0 Å². The molecular formula is C19H21ClN4O4S. The lowest BCUT2D eigenvalue weighted by atomic mass is 10.2. The molecule has 0 atom stereocenters. The molecule has 3 heterocycles. The fraction of sp³-hybridized carbons (Fsp3) is 0.368. The van der Waals surface area contributed by atoms with E-state index in [0.717, 1.165) is 5.69 Å². The maximum Gasteiger partial charge on any atom is 0.276 e. The van der Waals surface area contributed by atoms with Gasteiger partial charge in [0.2, 0.25) is 11.0 Å². The van der Waals surface area contributed by atoms with Gasteiger partial charge < -0.3 is 13.7 Å². The lowest BCUT2D eigenvalue weighted by molar-refractivity contribution is 0.362. The zero-order valence-electron chi connectivity index (χ0n) is 16.1. The molecule has 1 saturated heterocycles. The molecule has 1 aliphatic rings. The zero-order valence-corrected chi connectivity index (χ0v) is 17.7. The Kier molecular flexibility index (Phi) is 5.37. The molecule has 8 nitrogen and oxygen atoms in total. The van der Waals surface area contributed by atoms with E-state index in [4.69, 9.17) is 20.4 Å². The number of furan rings is 1. The number of anilines is 1. The standard InChI is InChI=1S/C19H21ClN4O4S/c1-13(2)18-21-22-19(28-18)14-11-17(27-12-14)29(25,26)24-9-7-23(8-10-24)16-5-3-15(20)4-6-16/h3-6,11-13H,7-10H2,1-2H3. The van der Waals surface area contributed by atoms with E-state index in [2.05, 4.69) is 15.1 Å². The minimum Gasteiger partial charge on any atom is -0.451 e. The summed E-state index contributed by atoms with van der Waals surface area (Å²) in [5.74, 6) is 0.818. The fourth-order valence-electron chi connectivity index (χ4n) is 3.11. The van der Waals surface area contributed by atoms with Crippen molar-refractivity contribution in [3.05, 3.63) is 47.5 Å². The van der Waals surface area contributed by atoms with Gasteiger partial charge in [-0.15, -0.1) is 10.2 Å². The molecule has 3 aromatic rings.